The summed E-state index contributed by atoms with van der Waals surface area (Å²) < 4.78 is 5.74. The largest absolute Gasteiger partial charge is 0.478 e. The Bertz CT molecular complexity index is 438. The molecule has 4 heteroatoms. The molecule has 1 N–H and O–H groups in total. The van der Waals surface area contributed by atoms with Gasteiger partial charge in [-0.3, -0.25) is 4.79 Å². The van der Waals surface area contributed by atoms with Crippen LogP contribution in [0.4, 0.5) is 0 Å². The highest BCUT2D eigenvalue weighted by Crippen LogP contribution is 2.22. The number of benzene rings is 1. The lowest BCUT2D eigenvalue weighted by Crippen LogP contribution is -2.53. The number of hydrogen-bond donors (Lipinski definition) is 1. The van der Waals surface area contributed by atoms with Crippen LogP contribution < -0.4 is 10.1 Å². The molecule has 0 aromatic heterocycles. The summed E-state index contributed by atoms with van der Waals surface area (Å²) in [5, 5.41) is 3.63. The van der Waals surface area contributed by atoms with Crippen LogP contribution in [-0.4, -0.2) is 17.0 Å². The van der Waals surface area contributed by atoms with Crippen LogP contribution in [0.3, 0.4) is 0 Å². The van der Waals surface area contributed by atoms with Crippen LogP contribution in [0.15, 0.2) is 24.3 Å². The van der Waals surface area contributed by atoms with E-state index in [-0.39, 0.29) is 11.4 Å². The van der Waals surface area contributed by atoms with Gasteiger partial charge >= 0.3 is 0 Å². The van der Waals surface area contributed by atoms with E-state index in [9.17, 15) is 4.79 Å². The molecule has 0 radical (unpaired) electrons. The standard InChI is InChI=1S/C15H22ClNO2/c1-6-14(2,3)17-13(18)15(4,5)19-12-9-7-11(16)8-10-12/h7-10H,6H2,1-5H3,(H,17,18). The molecule has 0 saturated heterocycles. The quantitative estimate of drug-likeness (QED) is 0.892. The molecule has 0 saturated carbocycles. The maximum atomic E-state index is 12.2. The van der Waals surface area contributed by atoms with Gasteiger partial charge in [-0.2, -0.15) is 0 Å². The number of hydrogen-bond acceptors (Lipinski definition) is 2. The van der Waals surface area contributed by atoms with Crippen LogP contribution in [0.25, 0.3) is 0 Å². The van der Waals surface area contributed by atoms with Crippen LogP contribution in [0.5, 0.6) is 5.75 Å². The third-order valence-corrected chi connectivity index (χ3v) is 3.32. The zero-order valence-electron chi connectivity index (χ0n) is 12.2. The molecule has 0 aliphatic carbocycles. The maximum Gasteiger partial charge on any atom is 0.264 e. The van der Waals surface area contributed by atoms with Gasteiger partial charge in [0.15, 0.2) is 5.60 Å². The molecule has 106 valence electrons. The van der Waals surface area contributed by atoms with E-state index in [4.69, 9.17) is 16.3 Å². The topological polar surface area (TPSA) is 38.3 Å². The highest BCUT2D eigenvalue weighted by molar-refractivity contribution is 6.30. The normalized spacial score (nSPS) is 12.1. The van der Waals surface area contributed by atoms with Crippen LogP contribution >= 0.6 is 11.6 Å². The van der Waals surface area contributed by atoms with E-state index in [0.29, 0.717) is 10.8 Å². The molecule has 0 unspecified atom stereocenters. The van der Waals surface area contributed by atoms with Gasteiger partial charge in [0.1, 0.15) is 5.75 Å². The van der Waals surface area contributed by atoms with Gasteiger partial charge < -0.3 is 10.1 Å². The van der Waals surface area contributed by atoms with Crippen molar-refractivity contribution in [3.8, 4) is 5.75 Å². The van der Waals surface area contributed by atoms with Gasteiger partial charge in [-0.1, -0.05) is 18.5 Å². The molecular formula is C15H22ClNO2. The monoisotopic (exact) mass is 283 g/mol. The maximum absolute atomic E-state index is 12.2. The van der Waals surface area contributed by atoms with Crippen molar-refractivity contribution in [3.05, 3.63) is 29.3 Å². The summed E-state index contributed by atoms with van der Waals surface area (Å²) in [6.45, 7) is 9.52. The van der Waals surface area contributed by atoms with Crippen molar-refractivity contribution < 1.29 is 9.53 Å². The number of ether oxygens (including phenoxy) is 1. The second-order valence-electron chi connectivity index (χ2n) is 5.76. The molecule has 1 aromatic carbocycles. The molecule has 0 spiro atoms. The summed E-state index contributed by atoms with van der Waals surface area (Å²) in [5.74, 6) is 0.494. The highest BCUT2D eigenvalue weighted by atomic mass is 35.5. The zero-order valence-corrected chi connectivity index (χ0v) is 13.0. The minimum absolute atomic E-state index is 0.130. The molecule has 1 aromatic rings. The van der Waals surface area contributed by atoms with Crippen molar-refractivity contribution in [1.82, 2.24) is 5.32 Å². The van der Waals surface area contributed by atoms with Crippen LogP contribution in [0, 0.1) is 0 Å². The Labute approximate surface area is 120 Å². The second-order valence-corrected chi connectivity index (χ2v) is 6.19. The lowest BCUT2D eigenvalue weighted by Gasteiger charge is -2.31. The summed E-state index contributed by atoms with van der Waals surface area (Å²) in [7, 11) is 0. The molecule has 3 nitrogen and oxygen atoms in total. The Kier molecular flexibility index (Phi) is 4.86. The fourth-order valence-corrected chi connectivity index (χ4v) is 1.52. The molecule has 0 bridgehead atoms. The van der Waals surface area contributed by atoms with Crippen molar-refractivity contribution >= 4 is 17.5 Å². The highest BCUT2D eigenvalue weighted by Gasteiger charge is 2.33. The van der Waals surface area contributed by atoms with E-state index >= 15 is 0 Å². The molecule has 0 aliphatic heterocycles. The Morgan fingerprint density at radius 3 is 2.21 bits per heavy atom. The average molecular weight is 284 g/mol. The van der Waals surface area contributed by atoms with Crippen LogP contribution in [-0.2, 0) is 4.79 Å². The third-order valence-electron chi connectivity index (χ3n) is 3.07. The number of carbonyl (C=O) groups is 1. The Balaban J connectivity index is 2.75. The molecule has 1 amide bonds. The van der Waals surface area contributed by atoms with Gasteiger partial charge in [-0.15, -0.1) is 0 Å². The molecular weight excluding hydrogens is 262 g/mol. The summed E-state index contributed by atoms with van der Waals surface area (Å²) >= 11 is 5.82. The van der Waals surface area contributed by atoms with E-state index < -0.39 is 5.60 Å². The van der Waals surface area contributed by atoms with Crippen molar-refractivity contribution in [2.24, 2.45) is 0 Å². The van der Waals surface area contributed by atoms with Gasteiger partial charge in [0, 0.05) is 10.6 Å². The molecule has 0 heterocycles. The van der Waals surface area contributed by atoms with Crippen molar-refractivity contribution in [3.63, 3.8) is 0 Å². The molecule has 0 fully saturated rings. The number of rotatable bonds is 5. The zero-order chi connectivity index (χ0) is 14.7. The van der Waals surface area contributed by atoms with Crippen LogP contribution in [0.2, 0.25) is 5.02 Å². The molecule has 19 heavy (non-hydrogen) atoms. The van der Waals surface area contributed by atoms with Crippen LogP contribution in [0.1, 0.15) is 41.0 Å². The Morgan fingerprint density at radius 1 is 1.21 bits per heavy atom. The first kappa shape index (κ1) is 15.8. The number of amides is 1. The first-order valence-corrected chi connectivity index (χ1v) is 6.81. The Morgan fingerprint density at radius 2 is 1.74 bits per heavy atom. The molecule has 0 atom stereocenters. The summed E-state index contributed by atoms with van der Waals surface area (Å²) in [4.78, 5) is 12.2. The fourth-order valence-electron chi connectivity index (χ4n) is 1.39. The van der Waals surface area contributed by atoms with E-state index in [0.717, 1.165) is 6.42 Å². The van der Waals surface area contributed by atoms with Crippen molar-refractivity contribution in [1.29, 1.82) is 0 Å². The van der Waals surface area contributed by atoms with E-state index in [1.165, 1.54) is 0 Å². The van der Waals surface area contributed by atoms with Gasteiger partial charge in [-0.05, 0) is 58.4 Å². The van der Waals surface area contributed by atoms with Gasteiger partial charge in [0.05, 0.1) is 0 Å². The smallest absolute Gasteiger partial charge is 0.264 e. The summed E-state index contributed by atoms with van der Waals surface area (Å²) in [5.41, 5.74) is -1.17. The minimum atomic E-state index is -0.930. The van der Waals surface area contributed by atoms with Gasteiger partial charge in [0.2, 0.25) is 0 Å². The predicted octanol–water partition coefficient (Wildman–Crippen LogP) is 3.80. The van der Waals surface area contributed by atoms with E-state index in [1.54, 1.807) is 38.1 Å². The first-order chi connectivity index (χ1) is 8.66. The van der Waals surface area contributed by atoms with E-state index in [2.05, 4.69) is 5.32 Å². The minimum Gasteiger partial charge on any atom is -0.478 e. The molecule has 1 rings (SSSR count). The Hall–Kier alpha value is -1.22. The van der Waals surface area contributed by atoms with Crippen molar-refractivity contribution in [2.75, 3.05) is 0 Å². The molecule has 0 aliphatic rings. The lowest BCUT2D eigenvalue weighted by molar-refractivity contribution is -0.136. The number of nitrogens with one attached hydrogen (secondary N) is 1. The third kappa shape index (κ3) is 4.75. The second kappa shape index (κ2) is 5.83. The summed E-state index contributed by atoms with van der Waals surface area (Å²) in [6, 6.07) is 6.98. The van der Waals surface area contributed by atoms with E-state index in [1.807, 2.05) is 20.8 Å². The predicted molar refractivity (Wildman–Crippen MR) is 78.7 cm³/mol. The summed E-state index contributed by atoms with van der Waals surface area (Å²) in [6.07, 6.45) is 0.857. The average Bonchev–Trinajstić information content (AvgIpc) is 2.31. The van der Waals surface area contributed by atoms with Crippen molar-refractivity contribution in [2.45, 2.75) is 52.2 Å². The lowest BCUT2D eigenvalue weighted by atomic mass is 9.99. The SMILES string of the molecule is CCC(C)(C)NC(=O)C(C)(C)Oc1ccc(Cl)cc1. The first-order valence-electron chi connectivity index (χ1n) is 6.43. The van der Waals surface area contributed by atoms with Gasteiger partial charge in [0.25, 0.3) is 5.91 Å². The fraction of sp³-hybridized carbons (Fsp3) is 0.533. The number of halogens is 1. The number of carbonyl (C=O) groups excluding carboxylic acids is 1. The van der Waals surface area contributed by atoms with Gasteiger partial charge in [-0.25, -0.2) is 0 Å².